The van der Waals surface area contributed by atoms with Gasteiger partial charge in [-0.2, -0.15) is 0 Å². The molecule has 0 saturated carbocycles. The molecule has 1 N–H and O–H groups in total. The van der Waals surface area contributed by atoms with E-state index in [-0.39, 0.29) is 23.9 Å². The van der Waals surface area contributed by atoms with Crippen molar-refractivity contribution in [3.63, 3.8) is 0 Å². The molecule has 1 aliphatic heterocycles. The molecule has 0 radical (unpaired) electrons. The topological polar surface area (TPSA) is 97.9 Å². The van der Waals surface area contributed by atoms with Crippen molar-refractivity contribution in [2.24, 2.45) is 0 Å². The number of benzene rings is 2. The first-order chi connectivity index (χ1) is 20.4. The second kappa shape index (κ2) is 12.2. The number of nitrogens with one attached hydrogen (secondary N) is 1. The molecule has 1 fully saturated rings. The number of Topliss-reactive ketones (excluding diaryl/α,β-unsaturated/α-hetero) is 1. The molecule has 5 rings (SSSR count). The van der Waals surface area contributed by atoms with E-state index < -0.39 is 11.7 Å². The van der Waals surface area contributed by atoms with E-state index in [1.165, 1.54) is 0 Å². The van der Waals surface area contributed by atoms with Crippen LogP contribution in [0.2, 0.25) is 5.02 Å². The summed E-state index contributed by atoms with van der Waals surface area (Å²) >= 11 is 6.60. The van der Waals surface area contributed by atoms with E-state index in [4.69, 9.17) is 21.4 Å². The van der Waals surface area contributed by atoms with Gasteiger partial charge in [-0.15, -0.1) is 5.10 Å². The Kier molecular flexibility index (Phi) is 8.64. The number of fused-ring (bicyclic) bond motifs is 1. The molecular weight excluding hydrogens is 566 g/mol. The van der Waals surface area contributed by atoms with Gasteiger partial charge in [0.05, 0.1) is 12.2 Å². The van der Waals surface area contributed by atoms with Crippen LogP contribution in [0.1, 0.15) is 66.5 Å². The van der Waals surface area contributed by atoms with Crippen LogP contribution in [-0.2, 0) is 17.7 Å². The number of carbonyl (C=O) groups excluding carboxylic acids is 2. The molecule has 0 spiro atoms. The number of ketones is 1. The number of halogens is 1. The van der Waals surface area contributed by atoms with Crippen molar-refractivity contribution >= 4 is 34.8 Å². The predicted molar refractivity (Wildman–Crippen MR) is 169 cm³/mol. The van der Waals surface area contributed by atoms with Crippen molar-refractivity contribution in [3.8, 4) is 0 Å². The van der Waals surface area contributed by atoms with Crippen LogP contribution in [0.3, 0.4) is 0 Å². The number of piperidine rings is 1. The highest BCUT2D eigenvalue weighted by Gasteiger charge is 2.30. The summed E-state index contributed by atoms with van der Waals surface area (Å²) < 4.78 is 8.74. The molecule has 4 aromatic rings. The van der Waals surface area contributed by atoms with E-state index in [2.05, 4.69) is 10.2 Å². The van der Waals surface area contributed by atoms with E-state index in [1.807, 2.05) is 77.1 Å². The number of rotatable bonds is 7. The third kappa shape index (κ3) is 6.62. The van der Waals surface area contributed by atoms with Gasteiger partial charge in [-0.1, -0.05) is 60.1 Å². The van der Waals surface area contributed by atoms with Gasteiger partial charge in [-0.25, -0.2) is 9.31 Å². The zero-order chi connectivity index (χ0) is 30.9. The number of aromatic nitrogens is 3. The molecule has 43 heavy (non-hydrogen) atoms. The lowest BCUT2D eigenvalue weighted by Gasteiger charge is -2.34. The Morgan fingerprint density at radius 1 is 1.05 bits per heavy atom. The first kappa shape index (κ1) is 30.4. The van der Waals surface area contributed by atoms with Crippen LogP contribution in [0.4, 0.5) is 10.6 Å². The number of aryl methyl sites for hydroxylation is 1. The molecular formula is C33H38ClN5O4. The number of hydrogen-bond acceptors (Lipinski definition) is 6. The van der Waals surface area contributed by atoms with E-state index in [0.717, 1.165) is 29.7 Å². The van der Waals surface area contributed by atoms with Gasteiger partial charge in [0.1, 0.15) is 11.1 Å². The fourth-order valence-electron chi connectivity index (χ4n) is 5.59. The van der Waals surface area contributed by atoms with Gasteiger partial charge >= 0.3 is 6.09 Å². The number of hydrogen-bond donors (Lipinski definition) is 1. The zero-order valence-electron chi connectivity index (χ0n) is 25.3. The molecule has 0 aliphatic carbocycles. The van der Waals surface area contributed by atoms with E-state index >= 15 is 0 Å². The third-order valence-electron chi connectivity index (χ3n) is 7.82. The van der Waals surface area contributed by atoms with Crippen LogP contribution in [0, 0.1) is 13.8 Å². The second-order valence-electron chi connectivity index (χ2n) is 12.1. The summed E-state index contributed by atoms with van der Waals surface area (Å²) in [6.07, 6.45) is 1.55. The van der Waals surface area contributed by atoms with Crippen LogP contribution >= 0.6 is 11.6 Å². The molecule has 2 aromatic heterocycles. The fraction of sp³-hybridized carbons (Fsp3) is 0.394. The van der Waals surface area contributed by atoms with Crippen LogP contribution in [0.25, 0.3) is 5.52 Å². The lowest BCUT2D eigenvalue weighted by atomic mass is 10.0. The largest absolute Gasteiger partial charge is 0.444 e. The van der Waals surface area contributed by atoms with Crippen molar-refractivity contribution < 1.29 is 14.3 Å². The van der Waals surface area contributed by atoms with Gasteiger partial charge in [0.25, 0.3) is 5.56 Å². The lowest BCUT2D eigenvalue weighted by molar-refractivity contribution is 0.0499. The van der Waals surface area contributed by atoms with Crippen molar-refractivity contribution in [2.75, 3.05) is 18.0 Å². The van der Waals surface area contributed by atoms with Gasteiger partial charge in [-0.3, -0.25) is 9.59 Å². The molecule has 9 nitrogen and oxygen atoms in total. The molecule has 226 valence electrons. The number of amides is 1. The average Bonchev–Trinajstić information content (AvgIpc) is 3.34. The van der Waals surface area contributed by atoms with Crippen molar-refractivity contribution in [1.82, 2.24) is 19.5 Å². The highest BCUT2D eigenvalue weighted by atomic mass is 35.5. The lowest BCUT2D eigenvalue weighted by Crippen LogP contribution is -2.49. The summed E-state index contributed by atoms with van der Waals surface area (Å²) in [5.41, 5.74) is 3.12. The van der Waals surface area contributed by atoms with Gasteiger partial charge in [-0.05, 0) is 59.1 Å². The van der Waals surface area contributed by atoms with Crippen molar-refractivity contribution in [3.05, 3.63) is 98.1 Å². The Balaban J connectivity index is 1.58. The molecule has 1 amide bonds. The maximum atomic E-state index is 14.2. The monoisotopic (exact) mass is 603 g/mol. The smallest absolute Gasteiger partial charge is 0.407 e. The first-order valence-corrected chi connectivity index (χ1v) is 15.0. The Labute approximate surface area is 256 Å². The van der Waals surface area contributed by atoms with Gasteiger partial charge in [0, 0.05) is 47.4 Å². The molecule has 3 heterocycles. The normalized spacial score (nSPS) is 15.5. The summed E-state index contributed by atoms with van der Waals surface area (Å²) in [4.78, 5) is 42.1. The average molecular weight is 604 g/mol. The minimum absolute atomic E-state index is 0.0797. The standard InChI is InChI=1S/C33H38ClN5O4/c1-21-22(2)39-29(31(41)38(21)20-28(40)23-12-7-6-8-13-23)26(18-24-14-9-10-16-27(24)34)30(36-39)37-17-11-15-25(19-37)35-32(42)43-33(3,4)5/h6-10,12-14,16,25H,11,15,17-20H2,1-5H3,(H,35,42)/t25-/m1/s1. The highest BCUT2D eigenvalue weighted by Crippen LogP contribution is 2.31. The van der Waals surface area contributed by atoms with E-state index in [1.54, 1.807) is 21.2 Å². The van der Waals surface area contributed by atoms with E-state index in [0.29, 0.717) is 47.1 Å². The minimum atomic E-state index is -0.598. The first-order valence-electron chi connectivity index (χ1n) is 14.6. The summed E-state index contributed by atoms with van der Waals surface area (Å²) in [7, 11) is 0. The molecule has 2 aromatic carbocycles. The Hall–Kier alpha value is -4.11. The summed E-state index contributed by atoms with van der Waals surface area (Å²) in [6.45, 7) is 10.4. The summed E-state index contributed by atoms with van der Waals surface area (Å²) in [6, 6.07) is 16.4. The quantitative estimate of drug-likeness (QED) is 0.271. The molecule has 1 atom stereocenters. The molecule has 1 saturated heterocycles. The predicted octanol–water partition coefficient (Wildman–Crippen LogP) is 5.73. The Bertz CT molecular complexity index is 1720. The Morgan fingerprint density at radius 3 is 2.44 bits per heavy atom. The number of anilines is 1. The van der Waals surface area contributed by atoms with Crippen LogP contribution in [0.5, 0.6) is 0 Å². The van der Waals surface area contributed by atoms with Crippen molar-refractivity contribution in [1.29, 1.82) is 0 Å². The van der Waals surface area contributed by atoms with E-state index in [9.17, 15) is 14.4 Å². The maximum absolute atomic E-state index is 14.2. The SMILES string of the molecule is Cc1c(C)n2nc(N3CCC[C@@H](NC(=O)OC(C)(C)C)C3)c(Cc3ccccc3Cl)c2c(=O)n1CC(=O)c1ccccc1. The number of carbonyl (C=O) groups is 2. The van der Waals surface area contributed by atoms with Gasteiger partial charge < -0.3 is 19.5 Å². The van der Waals surface area contributed by atoms with Crippen LogP contribution in [-0.4, -0.2) is 50.8 Å². The number of ether oxygens (including phenoxy) is 1. The number of nitrogens with zero attached hydrogens (tertiary/aromatic N) is 4. The van der Waals surface area contributed by atoms with Gasteiger partial charge in [0.2, 0.25) is 0 Å². The fourth-order valence-corrected chi connectivity index (χ4v) is 5.79. The highest BCUT2D eigenvalue weighted by molar-refractivity contribution is 6.31. The molecule has 0 bridgehead atoms. The maximum Gasteiger partial charge on any atom is 0.407 e. The molecule has 0 unspecified atom stereocenters. The van der Waals surface area contributed by atoms with Gasteiger partial charge in [0.15, 0.2) is 11.6 Å². The number of alkyl carbamates (subject to hydrolysis) is 1. The zero-order valence-corrected chi connectivity index (χ0v) is 26.1. The third-order valence-corrected chi connectivity index (χ3v) is 8.19. The van der Waals surface area contributed by atoms with Crippen LogP contribution < -0.4 is 15.8 Å². The van der Waals surface area contributed by atoms with Crippen molar-refractivity contribution in [2.45, 2.75) is 72.1 Å². The second-order valence-corrected chi connectivity index (χ2v) is 12.5. The molecule has 1 aliphatic rings. The molecule has 10 heteroatoms. The summed E-state index contributed by atoms with van der Waals surface area (Å²) in [5, 5.41) is 8.59. The minimum Gasteiger partial charge on any atom is -0.444 e. The Morgan fingerprint density at radius 2 is 1.74 bits per heavy atom. The van der Waals surface area contributed by atoms with Crippen LogP contribution in [0.15, 0.2) is 59.4 Å². The summed E-state index contributed by atoms with van der Waals surface area (Å²) in [5.74, 6) is 0.524.